The van der Waals surface area contributed by atoms with Crippen LogP contribution in [0.2, 0.25) is 0 Å². The number of carbonyl (C=O) groups is 3. The zero-order chi connectivity index (χ0) is 28.0. The summed E-state index contributed by atoms with van der Waals surface area (Å²) in [6.45, 7) is 10.0. The number of rotatable bonds is 10. The molecule has 0 saturated carbocycles. The van der Waals surface area contributed by atoms with Crippen LogP contribution in [0.25, 0.3) is 0 Å². The highest BCUT2D eigenvalue weighted by molar-refractivity contribution is 7.48. The number of likely N-dealkylation sites (tertiary alicyclic amines) is 1. The van der Waals surface area contributed by atoms with Crippen LogP contribution < -0.4 is 5.32 Å². The first-order chi connectivity index (χ1) is 17.8. The Bertz CT molecular complexity index is 1030. The van der Waals surface area contributed by atoms with Gasteiger partial charge < -0.3 is 14.8 Å². The second-order valence-electron chi connectivity index (χ2n) is 11.3. The van der Waals surface area contributed by atoms with Crippen molar-refractivity contribution < 1.29 is 42.0 Å². The van der Waals surface area contributed by atoms with Crippen molar-refractivity contribution in [2.75, 3.05) is 33.0 Å². The molecule has 3 atom stereocenters. The smallest absolute Gasteiger partial charge is 0.461 e. The molecule has 3 rings (SSSR count). The van der Waals surface area contributed by atoms with Crippen LogP contribution in [0.4, 0.5) is 0 Å². The summed E-state index contributed by atoms with van der Waals surface area (Å²) in [4.78, 5) is 39.3. The van der Waals surface area contributed by atoms with Gasteiger partial charge in [-0.2, -0.15) is 0 Å². The van der Waals surface area contributed by atoms with Crippen molar-refractivity contribution in [1.82, 2.24) is 10.2 Å². The predicted octanol–water partition coefficient (Wildman–Crippen LogP) is 3.42. The molecule has 2 heterocycles. The molecule has 1 aromatic carbocycles. The Morgan fingerprint density at radius 2 is 1.89 bits per heavy atom. The van der Waals surface area contributed by atoms with E-state index in [2.05, 4.69) is 22.3 Å². The molecule has 11 nitrogen and oxygen atoms in total. The van der Waals surface area contributed by atoms with Crippen molar-refractivity contribution in [3.8, 4) is 0 Å². The minimum atomic E-state index is -4.15. The zero-order valence-electron chi connectivity index (χ0n) is 22.8. The van der Waals surface area contributed by atoms with Crippen LogP contribution in [0.1, 0.15) is 53.0 Å². The molecule has 212 valence electrons. The number of nitrogens with zero attached hydrogens (tertiary/aromatic N) is 1. The minimum absolute atomic E-state index is 0.0124. The summed E-state index contributed by atoms with van der Waals surface area (Å²) in [5, 5.41) is 2.64. The van der Waals surface area contributed by atoms with E-state index >= 15 is 0 Å². The van der Waals surface area contributed by atoms with Gasteiger partial charge in [0.25, 0.3) is 0 Å². The fourth-order valence-corrected chi connectivity index (χ4v) is 5.47. The van der Waals surface area contributed by atoms with Crippen molar-refractivity contribution in [3.63, 3.8) is 0 Å². The first kappa shape index (κ1) is 30.2. The summed E-state index contributed by atoms with van der Waals surface area (Å²) in [6.07, 6.45) is -0.607. The summed E-state index contributed by atoms with van der Waals surface area (Å²) < 4.78 is 39.2. The third-order valence-corrected chi connectivity index (χ3v) is 7.53. The fourth-order valence-electron chi connectivity index (χ4n) is 3.96. The van der Waals surface area contributed by atoms with E-state index in [0.29, 0.717) is 6.54 Å². The van der Waals surface area contributed by atoms with E-state index in [9.17, 15) is 18.9 Å². The third kappa shape index (κ3) is 8.88. The molecule has 1 amide bonds. The average Bonchev–Trinajstić information content (AvgIpc) is 3.27. The maximum atomic E-state index is 12.9. The van der Waals surface area contributed by atoms with Crippen LogP contribution in [0, 0.1) is 10.8 Å². The van der Waals surface area contributed by atoms with E-state index < -0.39 is 49.4 Å². The van der Waals surface area contributed by atoms with Gasteiger partial charge in [0.15, 0.2) is 6.10 Å². The summed E-state index contributed by atoms with van der Waals surface area (Å²) in [5.74, 6) is -1.51. The quantitative estimate of drug-likeness (QED) is 0.261. The Balaban J connectivity index is 1.40. The van der Waals surface area contributed by atoms with E-state index in [4.69, 9.17) is 23.0 Å². The van der Waals surface area contributed by atoms with Crippen LogP contribution in [-0.4, -0.2) is 68.0 Å². The van der Waals surface area contributed by atoms with Gasteiger partial charge in [-0.3, -0.25) is 28.3 Å². The number of hydrogen-bond acceptors (Lipinski definition) is 10. The molecule has 1 aromatic rings. The SMILES string of the molecule is CC(C)(C)C(=O)OCOP1(=O)OCC(C)(C)[C@H](C(=O)NCCC(=O)OC2CCN(Cc3ccccc3)C2)O1. The second kappa shape index (κ2) is 12.7. The Kier molecular flexibility index (Phi) is 10.1. The van der Waals surface area contributed by atoms with Crippen LogP contribution >= 0.6 is 7.82 Å². The van der Waals surface area contributed by atoms with Crippen molar-refractivity contribution >= 4 is 25.7 Å². The van der Waals surface area contributed by atoms with E-state index in [-0.39, 0.29) is 25.7 Å². The number of phosphoric ester groups is 1. The van der Waals surface area contributed by atoms with Gasteiger partial charge >= 0.3 is 19.8 Å². The van der Waals surface area contributed by atoms with E-state index in [1.807, 2.05) is 18.2 Å². The number of carbonyl (C=O) groups excluding carboxylic acids is 3. The molecule has 0 radical (unpaired) electrons. The normalized spacial score (nSPS) is 25.5. The molecule has 2 unspecified atom stereocenters. The molecule has 2 aliphatic heterocycles. The second-order valence-corrected chi connectivity index (χ2v) is 12.9. The zero-order valence-corrected chi connectivity index (χ0v) is 23.7. The van der Waals surface area contributed by atoms with E-state index in [1.165, 1.54) is 5.56 Å². The number of nitrogens with one attached hydrogen (secondary N) is 1. The van der Waals surface area contributed by atoms with Gasteiger partial charge in [-0.05, 0) is 32.8 Å². The lowest BCUT2D eigenvalue weighted by molar-refractivity contribution is -0.163. The van der Waals surface area contributed by atoms with Gasteiger partial charge in [-0.25, -0.2) is 9.09 Å². The number of phosphoric acid groups is 1. The van der Waals surface area contributed by atoms with Crippen LogP contribution in [0.3, 0.4) is 0 Å². The molecule has 1 N–H and O–H groups in total. The molecular weight excluding hydrogens is 515 g/mol. The number of esters is 2. The van der Waals surface area contributed by atoms with Crippen LogP contribution in [-0.2, 0) is 48.5 Å². The molecule has 2 aliphatic rings. The Hall–Kier alpha value is -2.30. The number of benzene rings is 1. The highest BCUT2D eigenvalue weighted by atomic mass is 31.2. The summed E-state index contributed by atoms with van der Waals surface area (Å²) in [5.41, 5.74) is -0.381. The number of hydrogen-bond donors (Lipinski definition) is 1. The van der Waals surface area contributed by atoms with E-state index in [1.54, 1.807) is 34.6 Å². The Morgan fingerprint density at radius 3 is 2.58 bits per heavy atom. The lowest BCUT2D eigenvalue weighted by Crippen LogP contribution is -2.50. The van der Waals surface area contributed by atoms with Gasteiger partial charge in [-0.15, -0.1) is 0 Å². The minimum Gasteiger partial charge on any atom is -0.461 e. The van der Waals surface area contributed by atoms with Gasteiger partial charge in [0, 0.05) is 31.6 Å². The predicted molar refractivity (Wildman–Crippen MR) is 138 cm³/mol. The van der Waals surface area contributed by atoms with Crippen molar-refractivity contribution in [3.05, 3.63) is 35.9 Å². The molecular formula is C26H39N2O9P. The maximum absolute atomic E-state index is 12.9. The van der Waals surface area contributed by atoms with Crippen molar-refractivity contribution in [2.45, 2.75) is 66.2 Å². The number of amides is 1. The highest BCUT2D eigenvalue weighted by Gasteiger charge is 2.49. The molecule has 0 bridgehead atoms. The highest BCUT2D eigenvalue weighted by Crippen LogP contribution is 2.57. The average molecular weight is 555 g/mol. The summed E-state index contributed by atoms with van der Waals surface area (Å²) in [7, 11) is -4.15. The number of ether oxygens (including phenoxy) is 2. The summed E-state index contributed by atoms with van der Waals surface area (Å²) >= 11 is 0. The fraction of sp³-hybridized carbons (Fsp3) is 0.654. The first-order valence-electron chi connectivity index (χ1n) is 12.8. The molecule has 2 fully saturated rings. The monoisotopic (exact) mass is 554 g/mol. The Labute approximate surface area is 224 Å². The molecule has 38 heavy (non-hydrogen) atoms. The van der Waals surface area contributed by atoms with Crippen molar-refractivity contribution in [2.24, 2.45) is 10.8 Å². The van der Waals surface area contributed by atoms with Gasteiger partial charge in [0.2, 0.25) is 12.7 Å². The molecule has 0 aromatic heterocycles. The molecule has 0 aliphatic carbocycles. The van der Waals surface area contributed by atoms with Crippen molar-refractivity contribution in [1.29, 1.82) is 0 Å². The Morgan fingerprint density at radius 1 is 1.18 bits per heavy atom. The molecule has 12 heteroatoms. The van der Waals surface area contributed by atoms with Crippen LogP contribution in [0.15, 0.2) is 30.3 Å². The lowest BCUT2D eigenvalue weighted by Gasteiger charge is -2.39. The summed E-state index contributed by atoms with van der Waals surface area (Å²) in [6, 6.07) is 10.1. The molecule has 2 saturated heterocycles. The third-order valence-electron chi connectivity index (χ3n) is 6.19. The topological polar surface area (TPSA) is 130 Å². The largest absolute Gasteiger partial charge is 0.478 e. The van der Waals surface area contributed by atoms with Gasteiger partial charge in [0.1, 0.15) is 6.10 Å². The molecule has 0 spiro atoms. The standard InChI is InChI=1S/C26H39N2O9P/c1-25(2,3)24(31)33-18-35-38(32)34-17-26(4,5)22(37-38)23(30)27-13-11-21(29)36-20-12-14-28(16-20)15-19-9-7-6-8-10-19/h6-10,20,22H,11-18H2,1-5H3,(H,27,30)/t20?,22-,38?/m0/s1. The lowest BCUT2D eigenvalue weighted by atomic mass is 9.87. The van der Waals surface area contributed by atoms with E-state index in [0.717, 1.165) is 19.5 Å². The van der Waals surface area contributed by atoms with Gasteiger partial charge in [-0.1, -0.05) is 44.2 Å². The maximum Gasteiger partial charge on any atom is 0.478 e. The van der Waals surface area contributed by atoms with Crippen LogP contribution in [0.5, 0.6) is 0 Å². The van der Waals surface area contributed by atoms with Gasteiger partial charge in [0.05, 0.1) is 18.4 Å². The first-order valence-corrected chi connectivity index (χ1v) is 14.2.